The zero-order valence-corrected chi connectivity index (χ0v) is 17.2. The molecule has 1 N–H and O–H groups in total. The van der Waals surface area contributed by atoms with E-state index in [1.165, 1.54) is 12.3 Å². The summed E-state index contributed by atoms with van der Waals surface area (Å²) in [7, 11) is 0. The summed E-state index contributed by atoms with van der Waals surface area (Å²) < 4.78 is 11.5. The number of esters is 1. The minimum absolute atomic E-state index is 0.110. The molecule has 0 bridgehead atoms. The van der Waals surface area contributed by atoms with Gasteiger partial charge in [0, 0.05) is 17.8 Å². The third-order valence-corrected chi connectivity index (χ3v) is 4.26. The number of nitrogens with zero attached hydrogens (tertiary/aromatic N) is 1. The van der Waals surface area contributed by atoms with Crippen LogP contribution >= 0.6 is 0 Å². The van der Waals surface area contributed by atoms with E-state index < -0.39 is 5.97 Å². The summed E-state index contributed by atoms with van der Waals surface area (Å²) >= 11 is 0. The first kappa shape index (κ1) is 21.2. The number of nitrogens with one attached hydrogen (secondary N) is 1. The van der Waals surface area contributed by atoms with Crippen molar-refractivity contribution in [1.29, 1.82) is 0 Å². The van der Waals surface area contributed by atoms with E-state index in [1.54, 1.807) is 30.3 Å². The van der Waals surface area contributed by atoms with Gasteiger partial charge < -0.3 is 14.8 Å². The molecule has 0 fully saturated rings. The van der Waals surface area contributed by atoms with Crippen LogP contribution in [0.5, 0.6) is 17.2 Å². The van der Waals surface area contributed by atoms with E-state index in [9.17, 15) is 9.59 Å². The number of carbonyl (C=O) groups is 2. The largest absolute Gasteiger partial charge is 0.453 e. The Kier molecular flexibility index (Phi) is 6.93. The lowest BCUT2D eigenvalue weighted by Crippen LogP contribution is -2.29. The van der Waals surface area contributed by atoms with Crippen molar-refractivity contribution in [3.63, 3.8) is 0 Å². The smallest absolute Gasteiger partial charge is 0.362 e. The molecule has 1 heterocycles. The predicted molar refractivity (Wildman–Crippen MR) is 114 cm³/mol. The maximum absolute atomic E-state index is 12.5. The van der Waals surface area contributed by atoms with Crippen LogP contribution in [0.3, 0.4) is 0 Å². The molecule has 6 nitrogen and oxygen atoms in total. The van der Waals surface area contributed by atoms with Gasteiger partial charge in [0.05, 0.1) is 6.54 Å². The van der Waals surface area contributed by atoms with Crippen LogP contribution in [0.4, 0.5) is 0 Å². The summed E-state index contributed by atoms with van der Waals surface area (Å²) in [5.41, 5.74) is 1.68. The molecule has 3 aromatic rings. The highest BCUT2D eigenvalue weighted by Crippen LogP contribution is 2.33. The van der Waals surface area contributed by atoms with E-state index >= 15 is 0 Å². The lowest BCUT2D eigenvalue weighted by molar-refractivity contribution is 0.0723. The van der Waals surface area contributed by atoms with Crippen LogP contribution in [0.25, 0.3) is 0 Å². The second kappa shape index (κ2) is 9.80. The standard InChI is InChI=1S/C24H24N2O4/c1-16(2)26-15-21(27)18-9-12-22(29-19-10-7-17(3)8-11-19)23(14-18)30-24(28)20-6-4-5-13-25-20/h4-14,16,26H,15H2,1-3H3. The van der Waals surface area contributed by atoms with Crippen LogP contribution in [0, 0.1) is 6.92 Å². The van der Waals surface area contributed by atoms with E-state index in [0.29, 0.717) is 17.1 Å². The molecule has 0 aliphatic heterocycles. The second-order valence-corrected chi connectivity index (χ2v) is 7.14. The average molecular weight is 404 g/mol. The Labute approximate surface area is 175 Å². The van der Waals surface area contributed by atoms with Crippen molar-refractivity contribution < 1.29 is 19.1 Å². The number of ether oxygens (including phenoxy) is 2. The average Bonchev–Trinajstić information content (AvgIpc) is 2.75. The van der Waals surface area contributed by atoms with Crippen LogP contribution in [0.15, 0.2) is 66.9 Å². The van der Waals surface area contributed by atoms with Crippen molar-refractivity contribution in [2.45, 2.75) is 26.8 Å². The normalized spacial score (nSPS) is 10.7. The third-order valence-electron chi connectivity index (χ3n) is 4.26. The van der Waals surface area contributed by atoms with Gasteiger partial charge in [0.2, 0.25) is 0 Å². The van der Waals surface area contributed by atoms with Gasteiger partial charge in [-0.15, -0.1) is 0 Å². The summed E-state index contributed by atoms with van der Waals surface area (Å²) in [4.78, 5) is 29.0. The van der Waals surface area contributed by atoms with Gasteiger partial charge in [-0.25, -0.2) is 9.78 Å². The Bertz CT molecular complexity index is 1020. The van der Waals surface area contributed by atoms with Crippen molar-refractivity contribution in [1.82, 2.24) is 10.3 Å². The van der Waals surface area contributed by atoms with Crippen molar-refractivity contribution in [2.24, 2.45) is 0 Å². The molecule has 2 aromatic carbocycles. The van der Waals surface area contributed by atoms with Crippen LogP contribution in [0.2, 0.25) is 0 Å². The number of pyridine rings is 1. The highest BCUT2D eigenvalue weighted by molar-refractivity contribution is 5.98. The number of hydrogen-bond donors (Lipinski definition) is 1. The van der Waals surface area contributed by atoms with Gasteiger partial charge in [0.1, 0.15) is 11.4 Å². The molecule has 0 aliphatic rings. The second-order valence-electron chi connectivity index (χ2n) is 7.14. The maximum Gasteiger partial charge on any atom is 0.362 e. The Hall–Kier alpha value is -3.51. The molecule has 0 saturated carbocycles. The van der Waals surface area contributed by atoms with E-state index in [-0.39, 0.29) is 29.8 Å². The SMILES string of the molecule is Cc1ccc(Oc2ccc(C(=O)CNC(C)C)cc2OC(=O)c2ccccn2)cc1. The number of aryl methyl sites for hydroxylation is 1. The Morgan fingerprint density at radius 1 is 1.00 bits per heavy atom. The fraction of sp³-hybridized carbons (Fsp3) is 0.208. The molecular formula is C24H24N2O4. The summed E-state index contributed by atoms with van der Waals surface area (Å²) in [6.45, 7) is 6.09. The van der Waals surface area contributed by atoms with Crippen LogP contribution in [-0.2, 0) is 0 Å². The fourth-order valence-corrected chi connectivity index (χ4v) is 2.61. The van der Waals surface area contributed by atoms with E-state index in [0.717, 1.165) is 5.56 Å². The molecule has 0 amide bonds. The minimum atomic E-state index is -0.630. The summed E-state index contributed by atoms with van der Waals surface area (Å²) in [5.74, 6) is 0.337. The first-order chi connectivity index (χ1) is 14.4. The van der Waals surface area contributed by atoms with Gasteiger partial charge in [-0.2, -0.15) is 0 Å². The number of ketones is 1. The molecule has 0 atom stereocenters. The minimum Gasteiger partial charge on any atom is -0.453 e. The van der Waals surface area contributed by atoms with E-state index in [1.807, 2.05) is 45.0 Å². The number of hydrogen-bond acceptors (Lipinski definition) is 6. The van der Waals surface area contributed by atoms with E-state index in [4.69, 9.17) is 9.47 Å². The molecule has 1 aromatic heterocycles. The number of rotatable bonds is 8. The zero-order chi connectivity index (χ0) is 21.5. The molecule has 0 unspecified atom stereocenters. The van der Waals surface area contributed by atoms with Crippen LogP contribution in [-0.4, -0.2) is 29.3 Å². The highest BCUT2D eigenvalue weighted by atomic mass is 16.6. The molecule has 0 aliphatic carbocycles. The Morgan fingerprint density at radius 2 is 1.77 bits per heavy atom. The van der Waals surface area contributed by atoms with Gasteiger partial charge in [-0.3, -0.25) is 4.79 Å². The van der Waals surface area contributed by atoms with Gasteiger partial charge >= 0.3 is 5.97 Å². The first-order valence-electron chi connectivity index (χ1n) is 9.71. The van der Waals surface area contributed by atoms with Crippen molar-refractivity contribution in [2.75, 3.05) is 6.54 Å². The lowest BCUT2D eigenvalue weighted by atomic mass is 10.1. The quantitative estimate of drug-likeness (QED) is 0.336. The summed E-state index contributed by atoms with van der Waals surface area (Å²) in [6.07, 6.45) is 1.51. The van der Waals surface area contributed by atoms with Gasteiger partial charge in [0.25, 0.3) is 0 Å². The van der Waals surface area contributed by atoms with Crippen molar-refractivity contribution >= 4 is 11.8 Å². The van der Waals surface area contributed by atoms with Crippen molar-refractivity contribution in [3.8, 4) is 17.2 Å². The first-order valence-corrected chi connectivity index (χ1v) is 9.71. The summed E-state index contributed by atoms with van der Waals surface area (Å²) in [6, 6.07) is 17.5. The van der Waals surface area contributed by atoms with Gasteiger partial charge in [0.15, 0.2) is 17.3 Å². The topological polar surface area (TPSA) is 77.5 Å². The number of carbonyl (C=O) groups excluding carboxylic acids is 2. The zero-order valence-electron chi connectivity index (χ0n) is 17.2. The van der Waals surface area contributed by atoms with Crippen LogP contribution < -0.4 is 14.8 Å². The Morgan fingerprint density at radius 3 is 2.43 bits per heavy atom. The van der Waals surface area contributed by atoms with Gasteiger partial charge in [-0.1, -0.05) is 37.6 Å². The molecule has 0 spiro atoms. The lowest BCUT2D eigenvalue weighted by Gasteiger charge is -2.13. The molecule has 0 saturated heterocycles. The summed E-state index contributed by atoms with van der Waals surface area (Å²) in [5, 5.41) is 3.09. The van der Waals surface area contributed by atoms with E-state index in [2.05, 4.69) is 10.3 Å². The van der Waals surface area contributed by atoms with Crippen LogP contribution in [0.1, 0.15) is 40.3 Å². The molecule has 3 rings (SSSR count). The molecular weight excluding hydrogens is 380 g/mol. The fourth-order valence-electron chi connectivity index (χ4n) is 2.61. The third kappa shape index (κ3) is 5.75. The van der Waals surface area contributed by atoms with Crippen molar-refractivity contribution in [3.05, 3.63) is 83.7 Å². The molecule has 6 heteroatoms. The van der Waals surface area contributed by atoms with Gasteiger partial charge in [-0.05, 0) is 49.4 Å². The monoisotopic (exact) mass is 404 g/mol. The number of aromatic nitrogens is 1. The highest BCUT2D eigenvalue weighted by Gasteiger charge is 2.17. The molecule has 0 radical (unpaired) electrons. The predicted octanol–water partition coefficient (Wildman–Crippen LogP) is 4.58. The number of benzene rings is 2. The maximum atomic E-state index is 12.5. The molecule has 30 heavy (non-hydrogen) atoms. The number of Topliss-reactive ketones (excluding diaryl/α,β-unsaturated/α-hetero) is 1. The Balaban J connectivity index is 1.89. The molecule has 154 valence electrons.